The first-order valence-corrected chi connectivity index (χ1v) is 4.72. The van der Waals surface area contributed by atoms with Gasteiger partial charge >= 0.3 is 0 Å². The molecule has 0 rings (SSSR count). The Labute approximate surface area is 85.3 Å². The first-order chi connectivity index (χ1) is 6.77. The van der Waals surface area contributed by atoms with Gasteiger partial charge in [0, 0.05) is 6.54 Å². The zero-order valence-electron chi connectivity index (χ0n) is 8.91. The van der Waals surface area contributed by atoms with Crippen LogP contribution in [-0.2, 0) is 14.3 Å². The second kappa shape index (κ2) is 10.4. The molecule has 4 nitrogen and oxygen atoms in total. The Hall–Kier alpha value is -0.710. The van der Waals surface area contributed by atoms with E-state index in [0.717, 1.165) is 6.54 Å². The molecular weight excluding hydrogens is 182 g/mol. The number of ketones is 1. The highest BCUT2D eigenvalue weighted by molar-refractivity contribution is 5.76. The third-order valence-corrected chi connectivity index (χ3v) is 1.40. The van der Waals surface area contributed by atoms with E-state index in [9.17, 15) is 4.79 Å². The van der Waals surface area contributed by atoms with Crippen molar-refractivity contribution >= 4 is 5.78 Å². The molecule has 0 aromatic heterocycles. The van der Waals surface area contributed by atoms with Crippen molar-refractivity contribution in [1.82, 2.24) is 5.32 Å². The number of hydrogen-bond acceptors (Lipinski definition) is 4. The number of rotatable bonds is 9. The average molecular weight is 201 g/mol. The van der Waals surface area contributed by atoms with Crippen LogP contribution < -0.4 is 5.32 Å². The van der Waals surface area contributed by atoms with E-state index in [2.05, 4.69) is 5.32 Å². The summed E-state index contributed by atoms with van der Waals surface area (Å²) in [6.07, 6.45) is 3.73. The molecule has 0 radical (unpaired) electrons. The van der Waals surface area contributed by atoms with Gasteiger partial charge in [-0.05, 0) is 14.0 Å². The number of carbonyl (C=O) groups is 1. The highest BCUT2D eigenvalue weighted by atomic mass is 16.5. The molecule has 0 bridgehead atoms. The second-order valence-electron chi connectivity index (χ2n) is 2.87. The predicted octanol–water partition coefficient (Wildman–Crippen LogP) is 0.384. The summed E-state index contributed by atoms with van der Waals surface area (Å²) in [5.41, 5.74) is 0. The van der Waals surface area contributed by atoms with Gasteiger partial charge in [0.2, 0.25) is 0 Å². The van der Waals surface area contributed by atoms with Gasteiger partial charge in [-0.15, -0.1) is 0 Å². The Balaban J connectivity index is 3.07. The lowest BCUT2D eigenvalue weighted by molar-refractivity contribution is -0.121. The summed E-state index contributed by atoms with van der Waals surface area (Å²) < 4.78 is 10.2. The molecule has 0 saturated heterocycles. The Kier molecular flexibility index (Phi) is 9.85. The number of nitrogens with one attached hydrogen (secondary N) is 1. The van der Waals surface area contributed by atoms with Crippen molar-refractivity contribution in [2.75, 3.05) is 40.0 Å². The van der Waals surface area contributed by atoms with Crippen LogP contribution in [0.2, 0.25) is 0 Å². The van der Waals surface area contributed by atoms with Crippen LogP contribution in [0, 0.1) is 0 Å². The Morgan fingerprint density at radius 2 is 1.93 bits per heavy atom. The molecule has 0 spiro atoms. The summed E-state index contributed by atoms with van der Waals surface area (Å²) in [6.45, 7) is 4.30. The van der Waals surface area contributed by atoms with E-state index >= 15 is 0 Å². The maximum absolute atomic E-state index is 10.5. The monoisotopic (exact) mass is 201 g/mol. The van der Waals surface area contributed by atoms with Crippen molar-refractivity contribution in [3.05, 3.63) is 12.2 Å². The van der Waals surface area contributed by atoms with Crippen LogP contribution in [0.15, 0.2) is 12.2 Å². The standard InChI is InChI=1S/C10H19NO3/c1-10(12)9-14-7-4-3-6-13-8-5-11-2/h3-4,11H,5-9H2,1-2H3/b4-3-. The fraction of sp³-hybridized carbons (Fsp3) is 0.700. The van der Waals surface area contributed by atoms with E-state index in [1.54, 1.807) is 0 Å². The molecule has 0 aromatic carbocycles. The summed E-state index contributed by atoms with van der Waals surface area (Å²) in [4.78, 5) is 10.5. The van der Waals surface area contributed by atoms with Crippen LogP contribution in [0.25, 0.3) is 0 Å². The first kappa shape index (κ1) is 13.3. The first-order valence-electron chi connectivity index (χ1n) is 4.72. The van der Waals surface area contributed by atoms with Crippen molar-refractivity contribution in [3.8, 4) is 0 Å². The maximum atomic E-state index is 10.5. The molecule has 1 N–H and O–H groups in total. The van der Waals surface area contributed by atoms with Gasteiger partial charge in [-0.1, -0.05) is 12.2 Å². The van der Waals surface area contributed by atoms with Gasteiger partial charge < -0.3 is 14.8 Å². The Bertz CT molecular complexity index is 169. The summed E-state index contributed by atoms with van der Waals surface area (Å²) in [5, 5.41) is 2.98. The minimum absolute atomic E-state index is 0.0451. The van der Waals surface area contributed by atoms with Crippen LogP contribution in [0.5, 0.6) is 0 Å². The molecule has 4 heteroatoms. The molecule has 0 saturated carbocycles. The van der Waals surface area contributed by atoms with Crippen molar-refractivity contribution in [1.29, 1.82) is 0 Å². The predicted molar refractivity (Wildman–Crippen MR) is 55.4 cm³/mol. The van der Waals surface area contributed by atoms with E-state index in [4.69, 9.17) is 9.47 Å². The summed E-state index contributed by atoms with van der Waals surface area (Å²) in [7, 11) is 1.88. The largest absolute Gasteiger partial charge is 0.376 e. The Morgan fingerprint density at radius 3 is 2.50 bits per heavy atom. The smallest absolute Gasteiger partial charge is 0.155 e. The summed E-state index contributed by atoms with van der Waals surface area (Å²) in [6, 6.07) is 0. The quantitative estimate of drug-likeness (QED) is 0.433. The van der Waals surface area contributed by atoms with Gasteiger partial charge in [0.15, 0.2) is 5.78 Å². The van der Waals surface area contributed by atoms with Gasteiger partial charge in [0.1, 0.15) is 6.61 Å². The number of likely N-dealkylation sites (N-methyl/N-ethyl adjacent to an activating group) is 1. The molecule has 0 aliphatic carbocycles. The van der Waals surface area contributed by atoms with Crippen molar-refractivity contribution in [2.24, 2.45) is 0 Å². The van der Waals surface area contributed by atoms with Crippen LogP contribution >= 0.6 is 0 Å². The lowest BCUT2D eigenvalue weighted by Crippen LogP contribution is -2.14. The SMILES string of the molecule is CNCCOC/C=C\COCC(C)=O. The van der Waals surface area contributed by atoms with Gasteiger partial charge in [0.25, 0.3) is 0 Å². The van der Waals surface area contributed by atoms with Crippen LogP contribution in [0.3, 0.4) is 0 Å². The van der Waals surface area contributed by atoms with Crippen molar-refractivity contribution in [2.45, 2.75) is 6.92 Å². The van der Waals surface area contributed by atoms with E-state index in [1.807, 2.05) is 19.2 Å². The molecule has 0 atom stereocenters. The molecule has 0 aromatic rings. The highest BCUT2D eigenvalue weighted by Gasteiger charge is 1.89. The molecule has 0 fully saturated rings. The van der Waals surface area contributed by atoms with Crippen molar-refractivity contribution in [3.63, 3.8) is 0 Å². The lowest BCUT2D eigenvalue weighted by Gasteiger charge is -1.99. The molecule has 14 heavy (non-hydrogen) atoms. The van der Waals surface area contributed by atoms with E-state index in [-0.39, 0.29) is 12.4 Å². The highest BCUT2D eigenvalue weighted by Crippen LogP contribution is 1.81. The molecule has 82 valence electrons. The molecule has 0 amide bonds. The van der Waals surface area contributed by atoms with Crippen LogP contribution in [-0.4, -0.2) is 45.8 Å². The van der Waals surface area contributed by atoms with Gasteiger partial charge in [-0.25, -0.2) is 0 Å². The van der Waals surface area contributed by atoms with Gasteiger partial charge in [-0.3, -0.25) is 4.79 Å². The molecule has 0 aliphatic heterocycles. The number of hydrogen-bond donors (Lipinski definition) is 1. The minimum Gasteiger partial charge on any atom is -0.376 e. The van der Waals surface area contributed by atoms with E-state index in [1.165, 1.54) is 6.92 Å². The van der Waals surface area contributed by atoms with Gasteiger partial charge in [0.05, 0.1) is 19.8 Å². The lowest BCUT2D eigenvalue weighted by atomic mass is 10.5. The Morgan fingerprint density at radius 1 is 1.29 bits per heavy atom. The minimum atomic E-state index is 0.0451. The maximum Gasteiger partial charge on any atom is 0.155 e. The third kappa shape index (κ3) is 11.3. The zero-order chi connectivity index (χ0) is 10.6. The number of Topliss-reactive ketones (excluding diaryl/α,β-unsaturated/α-hetero) is 1. The third-order valence-electron chi connectivity index (χ3n) is 1.40. The van der Waals surface area contributed by atoms with Gasteiger partial charge in [-0.2, -0.15) is 0 Å². The molecule has 0 aliphatic rings. The normalized spacial score (nSPS) is 11.0. The second-order valence-corrected chi connectivity index (χ2v) is 2.87. The fourth-order valence-electron chi connectivity index (χ4n) is 0.732. The summed E-state index contributed by atoms with van der Waals surface area (Å²) >= 11 is 0. The van der Waals surface area contributed by atoms with Crippen LogP contribution in [0.4, 0.5) is 0 Å². The fourth-order valence-corrected chi connectivity index (χ4v) is 0.732. The zero-order valence-corrected chi connectivity index (χ0v) is 8.91. The van der Waals surface area contributed by atoms with E-state index in [0.29, 0.717) is 19.8 Å². The van der Waals surface area contributed by atoms with Crippen LogP contribution in [0.1, 0.15) is 6.92 Å². The average Bonchev–Trinajstić information content (AvgIpc) is 2.15. The van der Waals surface area contributed by atoms with E-state index < -0.39 is 0 Å². The molecule has 0 unspecified atom stereocenters. The van der Waals surface area contributed by atoms with Crippen molar-refractivity contribution < 1.29 is 14.3 Å². The number of carbonyl (C=O) groups excluding carboxylic acids is 1. The molecule has 0 heterocycles. The topological polar surface area (TPSA) is 47.6 Å². The summed E-state index contributed by atoms with van der Waals surface area (Å²) in [5.74, 6) is 0.0451. The molecular formula is C10H19NO3. The number of ether oxygens (including phenoxy) is 2.